The number of carbonyl (C=O) groups is 1. The first-order valence-corrected chi connectivity index (χ1v) is 10.2. The van der Waals surface area contributed by atoms with Crippen molar-refractivity contribution in [3.05, 3.63) is 23.5 Å². The highest BCUT2D eigenvalue weighted by Crippen LogP contribution is 2.56. The van der Waals surface area contributed by atoms with Crippen LogP contribution in [0.15, 0.2) is 23.5 Å². The van der Waals surface area contributed by atoms with E-state index in [1.807, 2.05) is 13.8 Å². The van der Waals surface area contributed by atoms with Crippen LogP contribution in [0.2, 0.25) is 0 Å². The summed E-state index contributed by atoms with van der Waals surface area (Å²) < 4.78 is 17.4. The van der Waals surface area contributed by atoms with Gasteiger partial charge in [-0.2, -0.15) is 0 Å². The number of ether oxygens (including phenoxy) is 3. The fourth-order valence-electron chi connectivity index (χ4n) is 6.28. The molecule has 5 rings (SSSR count). The van der Waals surface area contributed by atoms with Crippen LogP contribution in [0, 0.1) is 23.2 Å². The number of aliphatic hydroxyl groups is 3. The molecule has 5 aliphatic rings. The van der Waals surface area contributed by atoms with E-state index >= 15 is 0 Å². The predicted octanol–water partition coefficient (Wildman–Crippen LogP) is 1.02. The Morgan fingerprint density at radius 3 is 2.75 bits per heavy atom. The highest BCUT2D eigenvalue weighted by molar-refractivity contribution is 5.75. The first-order chi connectivity index (χ1) is 13.2. The van der Waals surface area contributed by atoms with Gasteiger partial charge >= 0.3 is 5.97 Å². The molecule has 3 N–H and O–H groups in total. The van der Waals surface area contributed by atoms with E-state index in [9.17, 15) is 20.1 Å². The van der Waals surface area contributed by atoms with Crippen LogP contribution in [-0.4, -0.2) is 58.1 Å². The van der Waals surface area contributed by atoms with Gasteiger partial charge in [0.05, 0.1) is 43.0 Å². The molecule has 3 aliphatic heterocycles. The fraction of sp³-hybridized carbons (Fsp3) is 0.762. The molecule has 0 radical (unpaired) electrons. The molecule has 7 heteroatoms. The number of aliphatic hydroxyl groups excluding tert-OH is 3. The van der Waals surface area contributed by atoms with Crippen molar-refractivity contribution in [3.63, 3.8) is 0 Å². The van der Waals surface area contributed by atoms with Crippen LogP contribution in [-0.2, 0) is 19.0 Å². The Balaban J connectivity index is 1.54. The summed E-state index contributed by atoms with van der Waals surface area (Å²) >= 11 is 0. The van der Waals surface area contributed by atoms with Gasteiger partial charge in [0, 0.05) is 6.92 Å². The fourth-order valence-corrected chi connectivity index (χ4v) is 6.28. The minimum Gasteiger partial charge on any atom is -0.469 e. The lowest BCUT2D eigenvalue weighted by molar-refractivity contribution is -0.166. The van der Waals surface area contributed by atoms with Crippen molar-refractivity contribution in [3.8, 4) is 0 Å². The standard InChI is InChI=1S/C21H28O7/c1-20-7-15(24)13(22)5-11(20)6-14(23)17-12(20)4-3-10-8-26-21(2)18(10)16(9-27-21)28-19(17)25/h6,8,12-18,22-24H,3-5,7,9H2,1-2H3/t12-,13+,14-,15+,16+,17-,18+,20-,21-/m0/s1. The van der Waals surface area contributed by atoms with Gasteiger partial charge in [-0.25, -0.2) is 0 Å². The van der Waals surface area contributed by atoms with E-state index in [4.69, 9.17) is 14.2 Å². The molecule has 28 heavy (non-hydrogen) atoms. The Morgan fingerprint density at radius 2 is 1.96 bits per heavy atom. The van der Waals surface area contributed by atoms with Crippen molar-refractivity contribution < 1.29 is 34.3 Å². The van der Waals surface area contributed by atoms with Crippen LogP contribution in [0.4, 0.5) is 0 Å². The number of fused-ring (bicyclic) bond motifs is 3. The van der Waals surface area contributed by atoms with Gasteiger partial charge in [-0.15, -0.1) is 0 Å². The molecule has 2 aliphatic carbocycles. The van der Waals surface area contributed by atoms with Gasteiger partial charge in [-0.05, 0) is 42.6 Å². The zero-order valence-electron chi connectivity index (χ0n) is 16.2. The van der Waals surface area contributed by atoms with E-state index in [0.717, 1.165) is 11.1 Å². The summed E-state index contributed by atoms with van der Waals surface area (Å²) in [4.78, 5) is 13.2. The second-order valence-corrected chi connectivity index (χ2v) is 9.40. The third kappa shape index (κ3) is 2.46. The molecule has 3 heterocycles. The van der Waals surface area contributed by atoms with Gasteiger partial charge in [-0.3, -0.25) is 4.79 Å². The van der Waals surface area contributed by atoms with Gasteiger partial charge < -0.3 is 29.5 Å². The van der Waals surface area contributed by atoms with Crippen molar-refractivity contribution in [1.82, 2.24) is 0 Å². The summed E-state index contributed by atoms with van der Waals surface area (Å²) in [5.41, 5.74) is 1.53. The molecule has 9 atom stereocenters. The molecule has 3 fully saturated rings. The number of hydrogen-bond donors (Lipinski definition) is 3. The Kier molecular flexibility index (Phi) is 4.02. The van der Waals surface area contributed by atoms with Crippen molar-refractivity contribution >= 4 is 5.97 Å². The molecule has 0 spiro atoms. The predicted molar refractivity (Wildman–Crippen MR) is 96.6 cm³/mol. The van der Waals surface area contributed by atoms with Crippen LogP contribution < -0.4 is 0 Å². The molecular weight excluding hydrogens is 364 g/mol. The van der Waals surface area contributed by atoms with Gasteiger partial charge in [0.1, 0.15) is 6.10 Å². The molecule has 0 amide bonds. The van der Waals surface area contributed by atoms with E-state index in [2.05, 4.69) is 0 Å². The van der Waals surface area contributed by atoms with E-state index in [1.54, 1.807) is 12.3 Å². The maximum Gasteiger partial charge on any atom is 0.312 e. The van der Waals surface area contributed by atoms with E-state index < -0.39 is 47.5 Å². The van der Waals surface area contributed by atoms with Gasteiger partial charge in [0.25, 0.3) is 0 Å². The molecule has 7 nitrogen and oxygen atoms in total. The maximum atomic E-state index is 13.2. The number of esters is 1. The average Bonchev–Trinajstić information content (AvgIpc) is 3.12. The molecule has 0 aromatic rings. The smallest absolute Gasteiger partial charge is 0.312 e. The lowest BCUT2D eigenvalue weighted by Gasteiger charge is -2.52. The largest absolute Gasteiger partial charge is 0.469 e. The van der Waals surface area contributed by atoms with Crippen molar-refractivity contribution in [2.24, 2.45) is 23.2 Å². The number of hydrogen-bond acceptors (Lipinski definition) is 7. The number of rotatable bonds is 0. The minimum atomic E-state index is -0.958. The lowest BCUT2D eigenvalue weighted by Crippen LogP contribution is -2.53. The van der Waals surface area contributed by atoms with E-state index in [1.165, 1.54) is 0 Å². The average molecular weight is 392 g/mol. The normalized spacial score (nSPS) is 52.6. The van der Waals surface area contributed by atoms with E-state index in [0.29, 0.717) is 25.7 Å². The van der Waals surface area contributed by atoms with Crippen molar-refractivity contribution in [2.75, 3.05) is 6.61 Å². The van der Waals surface area contributed by atoms with Crippen LogP contribution >= 0.6 is 0 Å². The van der Waals surface area contributed by atoms with Crippen molar-refractivity contribution in [1.29, 1.82) is 0 Å². The third-order valence-corrected chi connectivity index (χ3v) is 7.83. The second kappa shape index (κ2) is 6.05. The van der Waals surface area contributed by atoms with Gasteiger partial charge in [0.15, 0.2) is 0 Å². The van der Waals surface area contributed by atoms with Crippen LogP contribution in [0.3, 0.4) is 0 Å². The molecule has 1 saturated carbocycles. The first-order valence-electron chi connectivity index (χ1n) is 10.2. The zero-order chi connectivity index (χ0) is 19.8. The van der Waals surface area contributed by atoms with Gasteiger partial charge in [0.2, 0.25) is 5.79 Å². The Morgan fingerprint density at radius 1 is 1.18 bits per heavy atom. The molecule has 0 bridgehead atoms. The first kappa shape index (κ1) is 18.6. The zero-order valence-corrected chi connectivity index (χ0v) is 16.2. The third-order valence-electron chi connectivity index (χ3n) is 7.83. The molecule has 0 aromatic carbocycles. The summed E-state index contributed by atoms with van der Waals surface area (Å²) in [6.45, 7) is 4.19. The minimum absolute atomic E-state index is 0.132. The summed E-state index contributed by atoms with van der Waals surface area (Å²) in [7, 11) is 0. The van der Waals surface area contributed by atoms with Crippen LogP contribution in [0.1, 0.15) is 39.5 Å². The Hall–Kier alpha value is -1.41. The molecule has 2 saturated heterocycles. The second-order valence-electron chi connectivity index (χ2n) is 9.40. The highest BCUT2D eigenvalue weighted by Gasteiger charge is 2.59. The maximum absolute atomic E-state index is 13.2. The summed E-state index contributed by atoms with van der Waals surface area (Å²) in [5.74, 6) is -2.23. The van der Waals surface area contributed by atoms with Crippen molar-refractivity contribution in [2.45, 2.75) is 69.7 Å². The SMILES string of the molecule is C[C@]12OC=C3CC[C@H]4[C@H](C(=O)O[C@H](CO1)[C@@H]32)[C@@H](O)C=C1C[C@@H](O)[C@H](O)C[C@@]14C. The highest BCUT2D eigenvalue weighted by atomic mass is 16.7. The number of carbonyl (C=O) groups excluding carboxylic acids is 1. The quantitative estimate of drug-likeness (QED) is 0.418. The van der Waals surface area contributed by atoms with E-state index in [-0.39, 0.29) is 18.4 Å². The topological polar surface area (TPSA) is 105 Å². The molecule has 0 unspecified atom stereocenters. The summed E-state index contributed by atoms with van der Waals surface area (Å²) in [5, 5.41) is 31.3. The van der Waals surface area contributed by atoms with Gasteiger partial charge in [-0.1, -0.05) is 18.6 Å². The Bertz CT molecular complexity index is 760. The summed E-state index contributed by atoms with van der Waals surface area (Å²) in [6, 6.07) is 0. The van der Waals surface area contributed by atoms with Crippen LogP contribution in [0.5, 0.6) is 0 Å². The Labute approximate surface area is 164 Å². The summed E-state index contributed by atoms with van der Waals surface area (Å²) in [6.07, 6.45) is 2.45. The lowest BCUT2D eigenvalue weighted by atomic mass is 9.54. The molecule has 0 aromatic heterocycles. The molecular formula is C21H28O7. The monoisotopic (exact) mass is 392 g/mol. The van der Waals surface area contributed by atoms with Crippen LogP contribution in [0.25, 0.3) is 0 Å². The molecule has 154 valence electrons.